The fourth-order valence-electron chi connectivity index (χ4n) is 1.34. The standard InChI is InChI=1S/C14H30N4O2.HI/c1-7-9-16-12(15-8-2)17-10-11-18(6)13(19)20-14(3,4)5;/h7-11H2,1-6H3,(H2,15,16,17);1H. The molecule has 0 saturated heterocycles. The lowest BCUT2D eigenvalue weighted by molar-refractivity contribution is 0.0302. The Hall–Kier alpha value is -0.730. The number of hydrogen-bond donors (Lipinski definition) is 2. The van der Waals surface area contributed by atoms with Crippen molar-refractivity contribution in [2.24, 2.45) is 4.99 Å². The Balaban J connectivity index is 0. The van der Waals surface area contributed by atoms with Crippen LogP contribution in [0.3, 0.4) is 0 Å². The van der Waals surface area contributed by atoms with Crippen LogP contribution in [-0.2, 0) is 4.74 Å². The third-order valence-electron chi connectivity index (χ3n) is 2.28. The van der Waals surface area contributed by atoms with Gasteiger partial charge in [0.2, 0.25) is 0 Å². The molecule has 126 valence electrons. The Labute approximate surface area is 146 Å². The zero-order valence-corrected chi connectivity index (χ0v) is 16.5. The van der Waals surface area contributed by atoms with Crippen LogP contribution in [0.4, 0.5) is 4.79 Å². The maximum Gasteiger partial charge on any atom is 0.410 e. The molecule has 0 fully saturated rings. The van der Waals surface area contributed by atoms with Gasteiger partial charge in [0.1, 0.15) is 5.60 Å². The van der Waals surface area contributed by atoms with Crippen LogP contribution >= 0.6 is 24.0 Å². The molecule has 7 heteroatoms. The summed E-state index contributed by atoms with van der Waals surface area (Å²) in [4.78, 5) is 17.7. The van der Waals surface area contributed by atoms with Crippen molar-refractivity contribution in [3.63, 3.8) is 0 Å². The van der Waals surface area contributed by atoms with E-state index in [1.54, 1.807) is 11.9 Å². The number of carbonyl (C=O) groups excluding carboxylic acids is 1. The molecule has 6 nitrogen and oxygen atoms in total. The molecular weight excluding hydrogens is 383 g/mol. The van der Waals surface area contributed by atoms with Gasteiger partial charge in [-0.2, -0.15) is 0 Å². The van der Waals surface area contributed by atoms with E-state index in [-0.39, 0.29) is 30.1 Å². The van der Waals surface area contributed by atoms with Gasteiger partial charge < -0.3 is 20.3 Å². The molecule has 0 rings (SSSR count). The van der Waals surface area contributed by atoms with Crippen LogP contribution in [0.15, 0.2) is 4.99 Å². The van der Waals surface area contributed by atoms with Crippen molar-refractivity contribution in [2.45, 2.75) is 46.6 Å². The second kappa shape index (κ2) is 11.9. The van der Waals surface area contributed by atoms with E-state index in [0.717, 1.165) is 25.5 Å². The summed E-state index contributed by atoms with van der Waals surface area (Å²) in [7, 11) is 1.73. The van der Waals surface area contributed by atoms with Gasteiger partial charge in [-0.25, -0.2) is 4.79 Å². The molecule has 0 saturated carbocycles. The van der Waals surface area contributed by atoms with Crippen LogP contribution < -0.4 is 10.6 Å². The first-order chi connectivity index (χ1) is 9.30. The number of likely N-dealkylation sites (N-methyl/N-ethyl adjacent to an activating group) is 1. The van der Waals surface area contributed by atoms with Gasteiger partial charge in [-0.3, -0.25) is 4.99 Å². The second-order valence-corrected chi connectivity index (χ2v) is 5.59. The van der Waals surface area contributed by atoms with Crippen LogP contribution in [0.1, 0.15) is 41.0 Å². The summed E-state index contributed by atoms with van der Waals surface area (Å²) in [6, 6.07) is 0. The summed E-state index contributed by atoms with van der Waals surface area (Å²) < 4.78 is 5.28. The molecule has 0 aromatic rings. The monoisotopic (exact) mass is 414 g/mol. The summed E-state index contributed by atoms with van der Waals surface area (Å²) in [5.41, 5.74) is -0.462. The smallest absolute Gasteiger partial charge is 0.410 e. The first kappa shape index (κ1) is 22.5. The average molecular weight is 414 g/mol. The molecule has 0 atom stereocenters. The molecular formula is C14H31IN4O2. The highest BCUT2D eigenvalue weighted by atomic mass is 127. The molecule has 0 bridgehead atoms. The van der Waals surface area contributed by atoms with Crippen LogP contribution in [0.2, 0.25) is 0 Å². The van der Waals surface area contributed by atoms with Gasteiger partial charge in [-0.05, 0) is 34.1 Å². The topological polar surface area (TPSA) is 66.0 Å². The molecule has 0 aromatic heterocycles. The van der Waals surface area contributed by atoms with Gasteiger partial charge in [0.15, 0.2) is 5.96 Å². The highest BCUT2D eigenvalue weighted by Crippen LogP contribution is 2.08. The summed E-state index contributed by atoms with van der Waals surface area (Å²) in [6.45, 7) is 12.5. The predicted octanol–water partition coefficient (Wildman–Crippen LogP) is 2.44. The van der Waals surface area contributed by atoms with Gasteiger partial charge in [0, 0.05) is 33.2 Å². The average Bonchev–Trinajstić information content (AvgIpc) is 2.33. The summed E-state index contributed by atoms with van der Waals surface area (Å²) in [5, 5.41) is 6.36. The summed E-state index contributed by atoms with van der Waals surface area (Å²) >= 11 is 0. The van der Waals surface area contributed by atoms with E-state index in [9.17, 15) is 4.79 Å². The van der Waals surface area contributed by atoms with Crippen LogP contribution in [0, 0.1) is 0 Å². The molecule has 0 spiro atoms. The summed E-state index contributed by atoms with van der Waals surface area (Å²) in [6.07, 6.45) is 0.698. The van der Waals surface area contributed by atoms with Crippen molar-refractivity contribution in [1.29, 1.82) is 0 Å². The number of carbonyl (C=O) groups is 1. The van der Waals surface area contributed by atoms with Crippen LogP contribution in [0.25, 0.3) is 0 Å². The SMILES string of the molecule is CCCN=C(NCC)NCCN(C)C(=O)OC(C)(C)C.I. The lowest BCUT2D eigenvalue weighted by atomic mass is 10.2. The van der Waals surface area contributed by atoms with Gasteiger partial charge in [-0.1, -0.05) is 6.92 Å². The molecule has 0 aliphatic rings. The summed E-state index contributed by atoms with van der Waals surface area (Å²) in [5.74, 6) is 0.784. The van der Waals surface area contributed by atoms with Crippen molar-refractivity contribution in [1.82, 2.24) is 15.5 Å². The highest BCUT2D eigenvalue weighted by Gasteiger charge is 2.19. The first-order valence-corrected chi connectivity index (χ1v) is 7.26. The van der Waals surface area contributed by atoms with Crippen molar-refractivity contribution in [3.05, 3.63) is 0 Å². The maximum absolute atomic E-state index is 11.8. The highest BCUT2D eigenvalue weighted by molar-refractivity contribution is 14.0. The third-order valence-corrected chi connectivity index (χ3v) is 2.28. The number of guanidine groups is 1. The fraction of sp³-hybridized carbons (Fsp3) is 0.857. The number of nitrogens with zero attached hydrogens (tertiary/aromatic N) is 2. The molecule has 2 N–H and O–H groups in total. The van der Waals surface area contributed by atoms with E-state index < -0.39 is 5.60 Å². The van der Waals surface area contributed by atoms with Crippen LogP contribution in [-0.4, -0.2) is 55.8 Å². The van der Waals surface area contributed by atoms with Crippen molar-refractivity contribution in [3.8, 4) is 0 Å². The number of halogens is 1. The number of amides is 1. The zero-order chi connectivity index (χ0) is 15.6. The fourth-order valence-corrected chi connectivity index (χ4v) is 1.34. The molecule has 0 aliphatic carbocycles. The largest absolute Gasteiger partial charge is 0.444 e. The number of rotatable bonds is 6. The minimum atomic E-state index is -0.462. The second-order valence-electron chi connectivity index (χ2n) is 5.59. The Kier molecular flexibility index (Phi) is 12.8. The van der Waals surface area contributed by atoms with Gasteiger partial charge >= 0.3 is 6.09 Å². The predicted molar refractivity (Wildman–Crippen MR) is 98.6 cm³/mol. The third kappa shape index (κ3) is 12.7. The minimum Gasteiger partial charge on any atom is -0.444 e. The molecule has 0 heterocycles. The van der Waals surface area contributed by atoms with E-state index in [0.29, 0.717) is 13.1 Å². The zero-order valence-electron chi connectivity index (χ0n) is 14.2. The van der Waals surface area contributed by atoms with E-state index in [2.05, 4.69) is 22.5 Å². The molecule has 0 aliphatic heterocycles. The maximum atomic E-state index is 11.8. The van der Waals surface area contributed by atoms with E-state index in [4.69, 9.17) is 4.74 Å². The number of hydrogen-bond acceptors (Lipinski definition) is 3. The molecule has 0 radical (unpaired) electrons. The van der Waals surface area contributed by atoms with Crippen molar-refractivity contribution in [2.75, 3.05) is 33.2 Å². The lowest BCUT2D eigenvalue weighted by Crippen LogP contribution is -2.43. The Morgan fingerprint density at radius 3 is 2.33 bits per heavy atom. The number of nitrogens with one attached hydrogen (secondary N) is 2. The van der Waals surface area contributed by atoms with E-state index in [1.165, 1.54) is 0 Å². The molecule has 1 amide bonds. The van der Waals surface area contributed by atoms with Crippen molar-refractivity contribution < 1.29 is 9.53 Å². The van der Waals surface area contributed by atoms with E-state index >= 15 is 0 Å². The van der Waals surface area contributed by atoms with E-state index in [1.807, 2.05) is 27.7 Å². The van der Waals surface area contributed by atoms with Crippen LogP contribution in [0.5, 0.6) is 0 Å². The Morgan fingerprint density at radius 2 is 1.86 bits per heavy atom. The van der Waals surface area contributed by atoms with Crippen molar-refractivity contribution >= 4 is 36.0 Å². The number of ether oxygens (including phenoxy) is 1. The normalized spacial score (nSPS) is 11.4. The Bertz CT molecular complexity index is 317. The molecule has 0 aromatic carbocycles. The molecule has 0 unspecified atom stereocenters. The van der Waals surface area contributed by atoms with Gasteiger partial charge in [0.05, 0.1) is 0 Å². The minimum absolute atomic E-state index is 0. The van der Waals surface area contributed by atoms with Gasteiger partial charge in [0.25, 0.3) is 0 Å². The van der Waals surface area contributed by atoms with Gasteiger partial charge in [-0.15, -0.1) is 24.0 Å². The lowest BCUT2D eigenvalue weighted by Gasteiger charge is -2.24. The first-order valence-electron chi connectivity index (χ1n) is 7.26. The number of aliphatic imine (C=N–C) groups is 1. The quantitative estimate of drug-likeness (QED) is 0.398. The Morgan fingerprint density at radius 1 is 1.24 bits per heavy atom. The molecule has 21 heavy (non-hydrogen) atoms.